The van der Waals surface area contributed by atoms with Crippen molar-refractivity contribution in [2.24, 2.45) is 11.3 Å². The fourth-order valence-electron chi connectivity index (χ4n) is 4.86. The monoisotopic (exact) mass is 475 g/mol. The van der Waals surface area contributed by atoms with Crippen LogP contribution < -0.4 is 10.1 Å². The van der Waals surface area contributed by atoms with E-state index in [0.29, 0.717) is 37.2 Å². The van der Waals surface area contributed by atoms with Crippen molar-refractivity contribution >= 4 is 17.7 Å². The van der Waals surface area contributed by atoms with Gasteiger partial charge in [0.15, 0.2) is 0 Å². The lowest BCUT2D eigenvalue weighted by Gasteiger charge is -2.37. The Kier molecular flexibility index (Phi) is 7.58. The lowest BCUT2D eigenvalue weighted by molar-refractivity contribution is -0.142. The molecule has 2 heterocycles. The van der Waals surface area contributed by atoms with Gasteiger partial charge < -0.3 is 19.9 Å². The van der Waals surface area contributed by atoms with Crippen LogP contribution in [-0.2, 0) is 14.4 Å². The van der Waals surface area contributed by atoms with Crippen LogP contribution in [0.3, 0.4) is 0 Å². The van der Waals surface area contributed by atoms with Crippen molar-refractivity contribution in [2.75, 3.05) is 13.1 Å². The minimum Gasteiger partial charge on any atom is -0.486 e. The zero-order valence-electron chi connectivity index (χ0n) is 21.4. The van der Waals surface area contributed by atoms with Crippen LogP contribution in [0.5, 0.6) is 5.75 Å². The quantitative estimate of drug-likeness (QED) is 0.685. The summed E-state index contributed by atoms with van der Waals surface area (Å²) in [5, 5.41) is 2.98. The van der Waals surface area contributed by atoms with E-state index in [-0.39, 0.29) is 41.5 Å². The summed E-state index contributed by atoms with van der Waals surface area (Å²) in [6.07, 6.45) is 0.823. The zero-order chi connectivity index (χ0) is 25.4. The fourth-order valence-corrected chi connectivity index (χ4v) is 4.86. The molecule has 0 unspecified atom stereocenters. The summed E-state index contributed by atoms with van der Waals surface area (Å²) in [5.41, 5.74) is 0.0119. The standard InChI is InChI=1S/C26H38FN3O4/c1-8-15(2)24(32)28-23(26(5,6)7)25(33)29-12-11-20-22(29)21(14-30(20)17(4)31)34-18-10-9-16(3)19(27)13-18/h9-10,13,15,20-23H,8,11-12,14H2,1-7H3,(H,28,32)/t15-,20-,21+,22+,23-/m1/s1. The largest absolute Gasteiger partial charge is 0.486 e. The first kappa shape index (κ1) is 26.0. The van der Waals surface area contributed by atoms with E-state index in [1.807, 2.05) is 34.6 Å². The van der Waals surface area contributed by atoms with Crippen molar-refractivity contribution in [1.29, 1.82) is 0 Å². The fraction of sp³-hybridized carbons (Fsp3) is 0.654. The van der Waals surface area contributed by atoms with Crippen LogP contribution in [0, 0.1) is 24.1 Å². The van der Waals surface area contributed by atoms with Crippen molar-refractivity contribution in [1.82, 2.24) is 15.1 Å². The predicted molar refractivity (Wildman–Crippen MR) is 128 cm³/mol. The van der Waals surface area contributed by atoms with Crippen LogP contribution in [0.2, 0.25) is 0 Å². The summed E-state index contributed by atoms with van der Waals surface area (Å²) in [4.78, 5) is 42.4. The average Bonchev–Trinajstić information content (AvgIpc) is 3.34. The summed E-state index contributed by atoms with van der Waals surface area (Å²) in [6.45, 7) is 13.6. The molecule has 5 atom stereocenters. The van der Waals surface area contributed by atoms with Gasteiger partial charge in [-0.05, 0) is 36.8 Å². The van der Waals surface area contributed by atoms with Gasteiger partial charge in [-0.25, -0.2) is 4.39 Å². The number of hydrogen-bond acceptors (Lipinski definition) is 4. The normalized spacial score (nSPS) is 23.9. The Balaban J connectivity index is 1.89. The molecule has 2 saturated heterocycles. The molecule has 8 heteroatoms. The Labute approximate surface area is 202 Å². The summed E-state index contributed by atoms with van der Waals surface area (Å²) >= 11 is 0. The lowest BCUT2D eigenvalue weighted by atomic mass is 9.85. The first-order valence-electron chi connectivity index (χ1n) is 12.2. The molecule has 7 nitrogen and oxygen atoms in total. The number of amides is 3. The molecule has 3 rings (SSSR count). The molecule has 2 aliphatic rings. The first-order chi connectivity index (χ1) is 15.8. The van der Waals surface area contributed by atoms with Gasteiger partial charge in [-0.1, -0.05) is 40.7 Å². The van der Waals surface area contributed by atoms with E-state index in [0.717, 1.165) is 0 Å². The van der Waals surface area contributed by atoms with E-state index in [4.69, 9.17) is 4.74 Å². The van der Waals surface area contributed by atoms with E-state index in [9.17, 15) is 18.8 Å². The molecule has 3 amide bonds. The third-order valence-electron chi connectivity index (χ3n) is 7.16. The highest BCUT2D eigenvalue weighted by Gasteiger charge is 2.54. The number of hydrogen-bond donors (Lipinski definition) is 1. The first-order valence-corrected chi connectivity index (χ1v) is 12.2. The number of nitrogens with zero attached hydrogens (tertiary/aromatic N) is 2. The zero-order valence-corrected chi connectivity index (χ0v) is 21.4. The highest BCUT2D eigenvalue weighted by molar-refractivity contribution is 5.89. The highest BCUT2D eigenvalue weighted by Crippen LogP contribution is 2.36. The molecule has 2 aliphatic heterocycles. The van der Waals surface area contributed by atoms with E-state index in [1.54, 1.807) is 28.9 Å². The molecular formula is C26H38FN3O4. The number of likely N-dealkylation sites (tertiary alicyclic amines) is 2. The van der Waals surface area contributed by atoms with Gasteiger partial charge in [-0.2, -0.15) is 0 Å². The van der Waals surface area contributed by atoms with Crippen LogP contribution in [0.4, 0.5) is 4.39 Å². The van der Waals surface area contributed by atoms with Gasteiger partial charge in [0.05, 0.1) is 18.6 Å². The summed E-state index contributed by atoms with van der Waals surface area (Å²) in [6, 6.07) is 3.44. The molecule has 0 bridgehead atoms. The molecule has 0 saturated carbocycles. The van der Waals surface area contributed by atoms with Gasteiger partial charge in [0.25, 0.3) is 0 Å². The third kappa shape index (κ3) is 5.20. The number of halogens is 1. The SMILES string of the molecule is CC[C@@H](C)C(=O)N[C@H](C(=O)N1CC[C@@H]2[C@H]1[C@@H](Oc1ccc(C)c(F)c1)CN2C(C)=O)C(C)(C)C. The van der Waals surface area contributed by atoms with Gasteiger partial charge in [0, 0.05) is 25.5 Å². The minimum atomic E-state index is -0.711. The van der Waals surface area contributed by atoms with Gasteiger partial charge in [-0.15, -0.1) is 0 Å². The second-order valence-corrected chi connectivity index (χ2v) is 10.7. The highest BCUT2D eigenvalue weighted by atomic mass is 19.1. The summed E-state index contributed by atoms with van der Waals surface area (Å²) < 4.78 is 20.3. The van der Waals surface area contributed by atoms with Gasteiger partial charge >= 0.3 is 0 Å². The van der Waals surface area contributed by atoms with Crippen LogP contribution in [0.25, 0.3) is 0 Å². The van der Waals surface area contributed by atoms with Crippen molar-refractivity contribution in [2.45, 2.75) is 85.5 Å². The van der Waals surface area contributed by atoms with Gasteiger partial charge in [0.2, 0.25) is 17.7 Å². The summed E-state index contributed by atoms with van der Waals surface area (Å²) in [5.74, 6) is -0.597. The van der Waals surface area contributed by atoms with Crippen molar-refractivity contribution in [3.8, 4) is 5.75 Å². The second kappa shape index (κ2) is 9.92. The van der Waals surface area contributed by atoms with Gasteiger partial charge in [-0.3, -0.25) is 14.4 Å². The molecule has 0 spiro atoms. The van der Waals surface area contributed by atoms with E-state index in [1.165, 1.54) is 13.0 Å². The van der Waals surface area contributed by atoms with Crippen LogP contribution >= 0.6 is 0 Å². The molecule has 188 valence electrons. The topological polar surface area (TPSA) is 79.0 Å². The van der Waals surface area contributed by atoms with E-state index in [2.05, 4.69) is 5.32 Å². The number of ether oxygens (including phenoxy) is 1. The lowest BCUT2D eigenvalue weighted by Crippen LogP contribution is -2.58. The third-order valence-corrected chi connectivity index (χ3v) is 7.16. The average molecular weight is 476 g/mol. The number of fused-ring (bicyclic) bond motifs is 1. The Hall–Kier alpha value is -2.64. The van der Waals surface area contributed by atoms with Crippen molar-refractivity contribution in [3.05, 3.63) is 29.6 Å². The van der Waals surface area contributed by atoms with Crippen molar-refractivity contribution in [3.63, 3.8) is 0 Å². The number of rotatable bonds is 6. The molecule has 2 fully saturated rings. The molecule has 0 aliphatic carbocycles. The molecule has 1 N–H and O–H groups in total. The number of carbonyl (C=O) groups is 3. The Morgan fingerprint density at radius 3 is 2.47 bits per heavy atom. The molecule has 1 aromatic carbocycles. The molecular weight excluding hydrogens is 437 g/mol. The maximum atomic E-state index is 14.1. The molecule has 0 aromatic heterocycles. The molecule has 34 heavy (non-hydrogen) atoms. The number of carbonyl (C=O) groups excluding carboxylic acids is 3. The van der Waals surface area contributed by atoms with Crippen LogP contribution in [0.15, 0.2) is 18.2 Å². The predicted octanol–water partition coefficient (Wildman–Crippen LogP) is 3.29. The van der Waals surface area contributed by atoms with E-state index < -0.39 is 17.6 Å². The van der Waals surface area contributed by atoms with Crippen LogP contribution in [-0.4, -0.2) is 64.8 Å². The number of benzene rings is 1. The number of aryl methyl sites for hydroxylation is 1. The molecule has 0 radical (unpaired) electrons. The Morgan fingerprint density at radius 2 is 1.91 bits per heavy atom. The Bertz CT molecular complexity index is 944. The Morgan fingerprint density at radius 1 is 1.24 bits per heavy atom. The smallest absolute Gasteiger partial charge is 0.246 e. The maximum absolute atomic E-state index is 14.1. The maximum Gasteiger partial charge on any atom is 0.246 e. The summed E-state index contributed by atoms with van der Waals surface area (Å²) in [7, 11) is 0. The van der Waals surface area contributed by atoms with Crippen molar-refractivity contribution < 1.29 is 23.5 Å². The minimum absolute atomic E-state index is 0.0806. The van der Waals surface area contributed by atoms with Crippen LogP contribution in [0.1, 0.15) is 59.9 Å². The van der Waals surface area contributed by atoms with Gasteiger partial charge in [0.1, 0.15) is 23.7 Å². The second-order valence-electron chi connectivity index (χ2n) is 10.7. The number of nitrogens with one attached hydrogen (secondary N) is 1. The molecule has 1 aromatic rings. The van der Waals surface area contributed by atoms with E-state index >= 15 is 0 Å².